The van der Waals surface area contributed by atoms with Crippen molar-refractivity contribution in [1.29, 1.82) is 0 Å². The topological polar surface area (TPSA) is 53.9 Å². The van der Waals surface area contributed by atoms with Crippen LogP contribution in [0.2, 0.25) is 5.02 Å². The van der Waals surface area contributed by atoms with Crippen LogP contribution in [-0.4, -0.2) is 30.7 Å². The molecule has 0 aliphatic heterocycles. The van der Waals surface area contributed by atoms with Crippen molar-refractivity contribution in [2.45, 2.75) is 19.0 Å². The largest absolute Gasteiger partial charge is 0.480 e. The predicted molar refractivity (Wildman–Crippen MR) is 71.4 cm³/mol. The summed E-state index contributed by atoms with van der Waals surface area (Å²) >= 11 is 5.80. The minimum Gasteiger partial charge on any atom is -0.480 e. The van der Waals surface area contributed by atoms with Gasteiger partial charge in [-0.2, -0.15) is 18.3 Å². The molecule has 0 aliphatic carbocycles. The van der Waals surface area contributed by atoms with E-state index in [9.17, 15) is 13.2 Å². The maximum atomic E-state index is 12.2. The van der Waals surface area contributed by atoms with Gasteiger partial charge in [0.1, 0.15) is 0 Å². The Kier molecular flexibility index (Phi) is 6.60. The van der Waals surface area contributed by atoms with Gasteiger partial charge in [-0.3, -0.25) is 5.43 Å². The molecule has 0 amide bonds. The van der Waals surface area contributed by atoms with Gasteiger partial charge in [-0.05, 0) is 25.0 Å². The van der Waals surface area contributed by atoms with E-state index in [-0.39, 0.29) is 23.1 Å². The van der Waals surface area contributed by atoms with Crippen molar-refractivity contribution in [1.82, 2.24) is 0 Å². The summed E-state index contributed by atoms with van der Waals surface area (Å²) in [6.45, 7) is -1.39. The van der Waals surface area contributed by atoms with Gasteiger partial charge in [0.2, 0.25) is 0 Å². The summed E-state index contributed by atoms with van der Waals surface area (Å²) in [6, 6.07) is 4.49. The highest BCUT2D eigenvalue weighted by Gasteiger charge is 2.29. The Balaban J connectivity index is 2.70. The quantitative estimate of drug-likeness (QED) is 0.461. The molecule has 1 rings (SSSR count). The number of rotatable bonds is 7. The molecule has 112 valence electrons. The number of nitrogens with one attached hydrogen (secondary N) is 1. The van der Waals surface area contributed by atoms with Gasteiger partial charge in [-0.1, -0.05) is 17.7 Å². The van der Waals surface area contributed by atoms with E-state index in [1.165, 1.54) is 18.3 Å². The molecule has 0 spiro atoms. The lowest BCUT2D eigenvalue weighted by molar-refractivity contribution is -0.153. The third-order valence-corrected chi connectivity index (χ3v) is 2.41. The lowest BCUT2D eigenvalue weighted by Crippen LogP contribution is -2.19. The maximum absolute atomic E-state index is 12.2. The number of hydrazone groups is 1. The van der Waals surface area contributed by atoms with E-state index in [1.54, 1.807) is 6.07 Å². The van der Waals surface area contributed by atoms with Crippen LogP contribution in [-0.2, 0) is 0 Å². The number of alkyl halides is 3. The van der Waals surface area contributed by atoms with E-state index in [2.05, 4.69) is 15.3 Å². The molecule has 20 heavy (non-hydrogen) atoms. The second kappa shape index (κ2) is 7.96. The van der Waals surface area contributed by atoms with Gasteiger partial charge < -0.3 is 9.84 Å². The normalized spacial score (nSPS) is 11.8. The third-order valence-electron chi connectivity index (χ3n) is 2.11. The Morgan fingerprint density at radius 2 is 2.15 bits per heavy atom. The highest BCUT2D eigenvalue weighted by molar-refractivity contribution is 6.32. The van der Waals surface area contributed by atoms with Gasteiger partial charge >= 0.3 is 6.18 Å². The van der Waals surface area contributed by atoms with Gasteiger partial charge in [-0.25, -0.2) is 0 Å². The minimum atomic E-state index is -4.44. The highest BCUT2D eigenvalue weighted by atomic mass is 35.5. The zero-order valence-corrected chi connectivity index (χ0v) is 11.2. The molecule has 1 aromatic rings. The fourth-order valence-electron chi connectivity index (χ4n) is 1.26. The summed E-state index contributed by atoms with van der Waals surface area (Å²) in [7, 11) is 0. The van der Waals surface area contributed by atoms with Crippen molar-refractivity contribution in [2.75, 3.05) is 18.6 Å². The van der Waals surface area contributed by atoms with Gasteiger partial charge in [0.05, 0.1) is 10.7 Å². The standard InChI is InChI=1S/C12H14ClF3N2O2/c13-9-4-3-5-10(18-17-6-1-2-7-19)11(9)20-8-12(14,15)16/h3-6,18-19H,1-2,7-8H2. The number of hydrogen-bond donors (Lipinski definition) is 2. The molecule has 2 N–H and O–H groups in total. The molecule has 0 saturated carbocycles. The number of aliphatic hydroxyl groups is 1. The highest BCUT2D eigenvalue weighted by Crippen LogP contribution is 2.34. The van der Waals surface area contributed by atoms with E-state index in [0.717, 1.165) is 0 Å². The van der Waals surface area contributed by atoms with Crippen molar-refractivity contribution in [3.63, 3.8) is 0 Å². The first-order valence-electron chi connectivity index (χ1n) is 5.80. The molecule has 0 fully saturated rings. The summed E-state index contributed by atoms with van der Waals surface area (Å²) in [5.74, 6) is -0.106. The van der Waals surface area contributed by atoms with Crippen LogP contribution in [0, 0.1) is 0 Å². The molecular weight excluding hydrogens is 297 g/mol. The first kappa shape index (κ1) is 16.6. The number of benzene rings is 1. The molecule has 0 aromatic heterocycles. The van der Waals surface area contributed by atoms with Crippen LogP contribution in [0.5, 0.6) is 5.75 Å². The lowest BCUT2D eigenvalue weighted by Gasteiger charge is -2.13. The molecule has 1 aromatic carbocycles. The SMILES string of the molecule is OCCCC=NNc1cccc(Cl)c1OCC(F)(F)F. The minimum absolute atomic E-state index is 0.0448. The van der Waals surface area contributed by atoms with Gasteiger partial charge in [0.15, 0.2) is 12.4 Å². The fourth-order valence-corrected chi connectivity index (χ4v) is 1.49. The number of halogens is 4. The Labute approximate surface area is 119 Å². The lowest BCUT2D eigenvalue weighted by atomic mass is 10.3. The summed E-state index contributed by atoms with van der Waals surface area (Å²) in [5.41, 5.74) is 2.80. The first-order chi connectivity index (χ1) is 9.44. The molecule has 0 aliphatic rings. The summed E-state index contributed by atoms with van der Waals surface area (Å²) in [5, 5.41) is 12.5. The Morgan fingerprint density at radius 3 is 2.80 bits per heavy atom. The number of aliphatic hydroxyl groups excluding tert-OH is 1. The molecule has 0 atom stereocenters. The summed E-state index contributed by atoms with van der Waals surface area (Å²) in [4.78, 5) is 0. The molecule has 0 heterocycles. The molecule has 8 heteroatoms. The number of nitrogens with zero attached hydrogens (tertiary/aromatic N) is 1. The van der Waals surface area contributed by atoms with E-state index in [0.29, 0.717) is 12.8 Å². The van der Waals surface area contributed by atoms with Crippen LogP contribution in [0.15, 0.2) is 23.3 Å². The van der Waals surface area contributed by atoms with Crippen LogP contribution < -0.4 is 10.2 Å². The third kappa shape index (κ3) is 6.12. The number of para-hydroxylation sites is 1. The second-order valence-electron chi connectivity index (χ2n) is 3.81. The molecule has 0 unspecified atom stereocenters. The fraction of sp³-hybridized carbons (Fsp3) is 0.417. The molecule has 0 radical (unpaired) electrons. The number of ether oxygens (including phenoxy) is 1. The van der Waals surface area contributed by atoms with E-state index < -0.39 is 12.8 Å². The van der Waals surface area contributed by atoms with Crippen LogP contribution in [0.4, 0.5) is 18.9 Å². The van der Waals surface area contributed by atoms with Crippen molar-refractivity contribution in [3.8, 4) is 5.75 Å². The Bertz CT molecular complexity index is 453. The first-order valence-corrected chi connectivity index (χ1v) is 6.18. The van der Waals surface area contributed by atoms with Crippen molar-refractivity contribution >= 4 is 23.5 Å². The van der Waals surface area contributed by atoms with Crippen molar-refractivity contribution in [2.24, 2.45) is 5.10 Å². The van der Waals surface area contributed by atoms with Crippen LogP contribution >= 0.6 is 11.6 Å². The smallest absolute Gasteiger partial charge is 0.422 e. The molecule has 0 saturated heterocycles. The van der Waals surface area contributed by atoms with Gasteiger partial charge in [0, 0.05) is 12.8 Å². The van der Waals surface area contributed by atoms with Gasteiger partial charge in [-0.15, -0.1) is 0 Å². The average molecular weight is 311 g/mol. The van der Waals surface area contributed by atoms with Gasteiger partial charge in [0.25, 0.3) is 0 Å². The number of unbranched alkanes of at least 4 members (excludes halogenated alkanes) is 1. The summed E-state index contributed by atoms with van der Waals surface area (Å²) < 4.78 is 41.1. The van der Waals surface area contributed by atoms with Crippen LogP contribution in [0.1, 0.15) is 12.8 Å². The molecule has 0 bridgehead atoms. The number of anilines is 1. The van der Waals surface area contributed by atoms with E-state index >= 15 is 0 Å². The Hall–Kier alpha value is -1.47. The van der Waals surface area contributed by atoms with Crippen LogP contribution in [0.25, 0.3) is 0 Å². The van der Waals surface area contributed by atoms with Crippen LogP contribution in [0.3, 0.4) is 0 Å². The zero-order valence-electron chi connectivity index (χ0n) is 10.5. The monoisotopic (exact) mass is 310 g/mol. The predicted octanol–water partition coefficient (Wildman–Crippen LogP) is 3.45. The van der Waals surface area contributed by atoms with Crippen molar-refractivity contribution < 1.29 is 23.0 Å². The second-order valence-corrected chi connectivity index (χ2v) is 4.22. The zero-order chi connectivity index (χ0) is 15.0. The average Bonchev–Trinajstić information content (AvgIpc) is 2.36. The maximum Gasteiger partial charge on any atom is 0.422 e. The molecule has 4 nitrogen and oxygen atoms in total. The van der Waals surface area contributed by atoms with E-state index in [4.69, 9.17) is 16.7 Å². The summed E-state index contributed by atoms with van der Waals surface area (Å²) in [6.07, 6.45) is -1.84. The van der Waals surface area contributed by atoms with Crippen molar-refractivity contribution in [3.05, 3.63) is 23.2 Å². The van der Waals surface area contributed by atoms with E-state index in [1.807, 2.05) is 0 Å². The Morgan fingerprint density at radius 1 is 1.40 bits per heavy atom. The number of hydrogen-bond acceptors (Lipinski definition) is 4. The molecular formula is C12H14ClF3N2O2.